The van der Waals surface area contributed by atoms with Gasteiger partial charge in [-0.3, -0.25) is 9.52 Å². The number of para-hydroxylation sites is 1. The van der Waals surface area contributed by atoms with Gasteiger partial charge in [0.05, 0.1) is 16.1 Å². The lowest BCUT2D eigenvalue weighted by molar-refractivity contribution is -0.274. The summed E-state index contributed by atoms with van der Waals surface area (Å²) in [5.41, 5.74) is 0.0968. The lowest BCUT2D eigenvalue weighted by Crippen LogP contribution is -2.32. The molecule has 10 heteroatoms. The molecule has 6 nitrogen and oxygen atoms in total. The molecule has 0 bridgehead atoms. The van der Waals surface area contributed by atoms with Crippen molar-refractivity contribution in [3.05, 3.63) is 54.1 Å². The molecule has 0 saturated heterocycles. The van der Waals surface area contributed by atoms with Gasteiger partial charge in [-0.2, -0.15) is 0 Å². The van der Waals surface area contributed by atoms with Gasteiger partial charge in [0.2, 0.25) is 0 Å². The summed E-state index contributed by atoms with van der Waals surface area (Å²) in [5.74, 6) is -1.14. The fourth-order valence-electron chi connectivity index (χ4n) is 2.22. The number of nitrogens with one attached hydrogen (secondary N) is 2. The number of amides is 1. The number of hydrogen-bond donors (Lipinski definition) is 2. The van der Waals surface area contributed by atoms with E-state index in [9.17, 15) is 26.4 Å². The van der Waals surface area contributed by atoms with E-state index in [0.29, 0.717) is 6.42 Å². The van der Waals surface area contributed by atoms with Crippen molar-refractivity contribution in [3.63, 3.8) is 0 Å². The van der Waals surface area contributed by atoms with Crippen LogP contribution in [0.4, 0.5) is 18.9 Å². The first-order valence-electron chi connectivity index (χ1n) is 8.30. The fourth-order valence-corrected chi connectivity index (χ4v) is 3.33. The van der Waals surface area contributed by atoms with Crippen LogP contribution >= 0.6 is 0 Å². The number of hydrogen-bond acceptors (Lipinski definition) is 4. The molecular formula is C18H19F3N2O4S. The zero-order valence-electron chi connectivity index (χ0n) is 15.1. The maximum atomic E-state index is 12.6. The first-order valence-corrected chi connectivity index (χ1v) is 9.78. The molecule has 152 valence electrons. The Hall–Kier alpha value is -2.75. The first-order chi connectivity index (χ1) is 13.0. The summed E-state index contributed by atoms with van der Waals surface area (Å²) in [6, 6.07) is 9.79. The Balaban J connectivity index is 2.30. The van der Waals surface area contributed by atoms with E-state index in [1.54, 1.807) is 13.0 Å². The number of carbonyl (C=O) groups is 1. The highest BCUT2D eigenvalue weighted by molar-refractivity contribution is 7.92. The highest BCUT2D eigenvalue weighted by Crippen LogP contribution is 2.26. The zero-order chi connectivity index (χ0) is 20.9. The van der Waals surface area contributed by atoms with Gasteiger partial charge in [0.25, 0.3) is 15.9 Å². The minimum atomic E-state index is -4.95. The Bertz CT molecular complexity index is 946. The summed E-state index contributed by atoms with van der Waals surface area (Å²) < 4.78 is 68.3. The second-order valence-electron chi connectivity index (χ2n) is 5.96. The predicted octanol–water partition coefficient (Wildman–Crippen LogP) is 3.91. The van der Waals surface area contributed by atoms with Crippen LogP contribution in [0.25, 0.3) is 0 Å². The standard InChI is InChI=1S/C18H19F3N2O4S/c1-3-12(2)22-17(24)15-9-4-5-10-16(15)23-28(25,26)14-8-6-7-13(11-14)27-18(19,20)21/h4-12,23H,3H2,1-2H3,(H,22,24). The van der Waals surface area contributed by atoms with Crippen molar-refractivity contribution in [1.82, 2.24) is 5.32 Å². The molecule has 0 aromatic heterocycles. The third-order valence-electron chi connectivity index (χ3n) is 3.76. The van der Waals surface area contributed by atoms with E-state index >= 15 is 0 Å². The maximum absolute atomic E-state index is 12.6. The Morgan fingerprint density at radius 2 is 1.82 bits per heavy atom. The quantitative estimate of drug-likeness (QED) is 0.717. The molecule has 1 unspecified atom stereocenters. The van der Waals surface area contributed by atoms with Crippen LogP contribution in [0, 0.1) is 0 Å². The van der Waals surface area contributed by atoms with Crippen molar-refractivity contribution in [3.8, 4) is 5.75 Å². The lowest BCUT2D eigenvalue weighted by atomic mass is 10.1. The van der Waals surface area contributed by atoms with Crippen LogP contribution in [0.5, 0.6) is 5.75 Å². The van der Waals surface area contributed by atoms with Gasteiger partial charge in [-0.05, 0) is 37.6 Å². The molecule has 2 aromatic rings. The molecule has 0 spiro atoms. The fraction of sp³-hybridized carbons (Fsp3) is 0.278. The van der Waals surface area contributed by atoms with E-state index in [0.717, 1.165) is 24.3 Å². The maximum Gasteiger partial charge on any atom is 0.573 e. The molecule has 1 amide bonds. The van der Waals surface area contributed by atoms with E-state index in [1.165, 1.54) is 18.2 Å². The van der Waals surface area contributed by atoms with Crippen LogP contribution in [0.3, 0.4) is 0 Å². The smallest absolute Gasteiger partial charge is 0.406 e. The molecule has 0 heterocycles. The third-order valence-corrected chi connectivity index (χ3v) is 5.12. The number of sulfonamides is 1. The van der Waals surface area contributed by atoms with Crippen LogP contribution in [0.15, 0.2) is 53.4 Å². The number of ether oxygens (including phenoxy) is 1. The molecule has 2 rings (SSSR count). The second kappa shape index (κ2) is 8.51. The van der Waals surface area contributed by atoms with Crippen molar-refractivity contribution in [2.24, 2.45) is 0 Å². The van der Waals surface area contributed by atoms with Gasteiger partial charge in [-0.1, -0.05) is 25.1 Å². The van der Waals surface area contributed by atoms with E-state index in [-0.39, 0.29) is 17.3 Å². The Morgan fingerprint density at radius 1 is 1.14 bits per heavy atom. The monoisotopic (exact) mass is 416 g/mol. The van der Waals surface area contributed by atoms with E-state index < -0.39 is 32.9 Å². The van der Waals surface area contributed by atoms with Gasteiger partial charge in [-0.25, -0.2) is 8.42 Å². The number of alkyl halides is 3. The first kappa shape index (κ1) is 21.5. The third kappa shape index (κ3) is 5.88. The number of benzene rings is 2. The van der Waals surface area contributed by atoms with E-state index in [4.69, 9.17) is 0 Å². The summed E-state index contributed by atoms with van der Waals surface area (Å²) in [6.07, 6.45) is -4.26. The molecule has 2 N–H and O–H groups in total. The Labute approximate surface area is 160 Å². The van der Waals surface area contributed by atoms with Crippen LogP contribution in [0.1, 0.15) is 30.6 Å². The van der Waals surface area contributed by atoms with Gasteiger partial charge in [0, 0.05) is 12.1 Å². The van der Waals surface area contributed by atoms with Gasteiger partial charge in [-0.15, -0.1) is 13.2 Å². The lowest BCUT2D eigenvalue weighted by Gasteiger charge is -2.16. The van der Waals surface area contributed by atoms with Crippen molar-refractivity contribution in [2.75, 3.05) is 4.72 Å². The highest BCUT2D eigenvalue weighted by atomic mass is 32.2. The normalized spacial score (nSPS) is 12.9. The predicted molar refractivity (Wildman–Crippen MR) is 97.6 cm³/mol. The van der Waals surface area contributed by atoms with Gasteiger partial charge >= 0.3 is 6.36 Å². The molecule has 1 atom stereocenters. The minimum Gasteiger partial charge on any atom is -0.406 e. The molecule has 2 aromatic carbocycles. The van der Waals surface area contributed by atoms with Gasteiger partial charge < -0.3 is 10.1 Å². The molecule has 0 aliphatic heterocycles. The molecule has 0 radical (unpaired) electrons. The van der Waals surface area contributed by atoms with Crippen molar-refractivity contribution in [2.45, 2.75) is 37.6 Å². The molecular weight excluding hydrogens is 397 g/mol. The van der Waals surface area contributed by atoms with Crippen LogP contribution in [0.2, 0.25) is 0 Å². The van der Waals surface area contributed by atoms with Crippen LogP contribution < -0.4 is 14.8 Å². The number of rotatable bonds is 7. The van der Waals surface area contributed by atoms with Crippen molar-refractivity contribution >= 4 is 21.6 Å². The average molecular weight is 416 g/mol. The zero-order valence-corrected chi connectivity index (χ0v) is 15.9. The average Bonchev–Trinajstić information content (AvgIpc) is 2.60. The van der Waals surface area contributed by atoms with E-state index in [2.05, 4.69) is 14.8 Å². The molecule has 0 saturated carbocycles. The summed E-state index contributed by atoms with van der Waals surface area (Å²) in [5, 5.41) is 2.73. The topological polar surface area (TPSA) is 84.5 Å². The molecule has 0 fully saturated rings. The minimum absolute atomic E-state index is 0.00504. The SMILES string of the molecule is CCC(C)NC(=O)c1ccccc1NS(=O)(=O)c1cccc(OC(F)(F)F)c1. The molecule has 28 heavy (non-hydrogen) atoms. The molecule has 0 aliphatic carbocycles. The number of carbonyl (C=O) groups excluding carboxylic acids is 1. The molecule has 0 aliphatic rings. The van der Waals surface area contributed by atoms with Gasteiger partial charge in [0.15, 0.2) is 0 Å². The van der Waals surface area contributed by atoms with Crippen LogP contribution in [-0.4, -0.2) is 26.7 Å². The Morgan fingerprint density at radius 3 is 2.46 bits per heavy atom. The highest BCUT2D eigenvalue weighted by Gasteiger charge is 2.31. The van der Waals surface area contributed by atoms with Gasteiger partial charge in [0.1, 0.15) is 5.75 Å². The summed E-state index contributed by atoms with van der Waals surface area (Å²) in [7, 11) is -4.26. The van der Waals surface area contributed by atoms with Crippen LogP contribution in [-0.2, 0) is 10.0 Å². The number of halogens is 3. The summed E-state index contributed by atoms with van der Waals surface area (Å²) in [6.45, 7) is 3.69. The van der Waals surface area contributed by atoms with Crippen molar-refractivity contribution in [1.29, 1.82) is 0 Å². The summed E-state index contributed by atoms with van der Waals surface area (Å²) in [4.78, 5) is 11.9. The summed E-state index contributed by atoms with van der Waals surface area (Å²) >= 11 is 0. The van der Waals surface area contributed by atoms with Crippen molar-refractivity contribution < 1.29 is 31.1 Å². The number of anilines is 1. The largest absolute Gasteiger partial charge is 0.573 e. The second-order valence-corrected chi connectivity index (χ2v) is 7.64. The van der Waals surface area contributed by atoms with E-state index in [1.807, 2.05) is 6.92 Å². The Kier molecular flexibility index (Phi) is 6.55.